The Bertz CT molecular complexity index is 1010. The molecule has 0 spiro atoms. The van der Waals surface area contributed by atoms with Gasteiger partial charge >= 0.3 is 5.97 Å². The number of hydrogen-bond acceptors (Lipinski definition) is 7. The Balaban J connectivity index is 1.95. The van der Waals surface area contributed by atoms with Crippen molar-refractivity contribution in [1.82, 2.24) is 0 Å². The van der Waals surface area contributed by atoms with Crippen molar-refractivity contribution in [3.05, 3.63) is 76.1 Å². The van der Waals surface area contributed by atoms with Crippen LogP contribution >= 0.6 is 0 Å². The van der Waals surface area contributed by atoms with E-state index < -0.39 is 22.9 Å². The number of allylic oxidation sites excluding steroid dienone is 2. The van der Waals surface area contributed by atoms with Crippen LogP contribution in [0, 0.1) is 0 Å². The van der Waals surface area contributed by atoms with E-state index in [1.54, 1.807) is 30.3 Å². The molecule has 2 heterocycles. The van der Waals surface area contributed by atoms with Gasteiger partial charge in [0.05, 0.1) is 31.5 Å². The summed E-state index contributed by atoms with van der Waals surface area (Å²) in [6.45, 7) is 0.880. The number of ketones is 1. The minimum absolute atomic E-state index is 0.0867. The van der Waals surface area contributed by atoms with Crippen LogP contribution in [0.2, 0.25) is 0 Å². The summed E-state index contributed by atoms with van der Waals surface area (Å²) in [6, 6.07) is 6.38. The minimum Gasteiger partial charge on any atom is -0.497 e. The van der Waals surface area contributed by atoms with E-state index in [1.807, 2.05) is 6.08 Å². The van der Waals surface area contributed by atoms with Gasteiger partial charge in [-0.15, -0.1) is 0 Å². The second-order valence-electron chi connectivity index (χ2n) is 7.01. The standard InChI is InChI=1S/C22H20O8/c1-27-15-4-2-14(3-5-15)22(26)16(10-13-6-8-28-12-13)20(19-7-9-29-30-19)18(23)11-17(22)21(24)25/h2-7,11,26H,8-10,12H2,1H3,(H,24,25). The second kappa shape index (κ2) is 7.91. The first-order valence-electron chi connectivity index (χ1n) is 9.31. The zero-order chi connectivity index (χ0) is 21.3. The smallest absolute Gasteiger partial charge is 0.335 e. The van der Waals surface area contributed by atoms with Crippen LogP contribution in [0.25, 0.3) is 0 Å². The molecular weight excluding hydrogens is 392 g/mol. The van der Waals surface area contributed by atoms with E-state index in [0.29, 0.717) is 19.0 Å². The number of hydrogen-bond donors (Lipinski definition) is 2. The number of ether oxygens (including phenoxy) is 2. The molecule has 0 saturated carbocycles. The first kappa shape index (κ1) is 20.1. The summed E-state index contributed by atoms with van der Waals surface area (Å²) >= 11 is 0. The Morgan fingerprint density at radius 1 is 1.20 bits per heavy atom. The number of aliphatic carboxylic acids is 1. The van der Waals surface area contributed by atoms with Gasteiger partial charge in [0.15, 0.2) is 11.5 Å². The van der Waals surface area contributed by atoms with Gasteiger partial charge < -0.3 is 24.6 Å². The summed E-state index contributed by atoms with van der Waals surface area (Å²) in [7, 11) is 1.51. The van der Waals surface area contributed by atoms with Crippen LogP contribution in [0.5, 0.6) is 5.75 Å². The van der Waals surface area contributed by atoms with Gasteiger partial charge in [-0.25, -0.2) is 4.79 Å². The summed E-state index contributed by atoms with van der Waals surface area (Å²) in [6.07, 6.45) is 4.49. The van der Waals surface area contributed by atoms with Crippen LogP contribution in [-0.2, 0) is 29.7 Å². The topological polar surface area (TPSA) is 112 Å². The van der Waals surface area contributed by atoms with Crippen molar-refractivity contribution in [2.45, 2.75) is 12.0 Å². The fourth-order valence-corrected chi connectivity index (χ4v) is 3.83. The quantitative estimate of drug-likeness (QED) is 0.539. The van der Waals surface area contributed by atoms with Gasteiger partial charge in [-0.05, 0) is 41.3 Å². The third-order valence-corrected chi connectivity index (χ3v) is 5.30. The Morgan fingerprint density at radius 2 is 1.97 bits per heavy atom. The van der Waals surface area contributed by atoms with E-state index in [1.165, 1.54) is 7.11 Å². The predicted octanol–water partition coefficient (Wildman–Crippen LogP) is 1.97. The highest BCUT2D eigenvalue weighted by Crippen LogP contribution is 2.47. The molecule has 1 unspecified atom stereocenters. The molecule has 0 aromatic heterocycles. The van der Waals surface area contributed by atoms with Crippen LogP contribution in [0.3, 0.4) is 0 Å². The Labute approximate surface area is 172 Å². The first-order valence-corrected chi connectivity index (χ1v) is 9.31. The zero-order valence-corrected chi connectivity index (χ0v) is 16.2. The van der Waals surface area contributed by atoms with Gasteiger partial charge in [-0.3, -0.25) is 4.79 Å². The molecule has 2 N–H and O–H groups in total. The maximum absolute atomic E-state index is 12.9. The van der Waals surface area contributed by atoms with E-state index in [0.717, 1.165) is 11.6 Å². The van der Waals surface area contributed by atoms with Crippen LogP contribution in [0.15, 0.2) is 70.5 Å². The maximum atomic E-state index is 12.9. The number of carboxylic acid groups (broad SMARTS) is 1. The second-order valence-corrected chi connectivity index (χ2v) is 7.01. The van der Waals surface area contributed by atoms with Crippen molar-refractivity contribution in [2.24, 2.45) is 0 Å². The third kappa shape index (κ3) is 3.35. The van der Waals surface area contributed by atoms with E-state index >= 15 is 0 Å². The molecule has 0 amide bonds. The van der Waals surface area contributed by atoms with E-state index in [-0.39, 0.29) is 35.5 Å². The summed E-state index contributed by atoms with van der Waals surface area (Å²) < 4.78 is 10.5. The molecule has 2 aliphatic heterocycles. The van der Waals surface area contributed by atoms with Gasteiger partial charge in [0.25, 0.3) is 0 Å². The van der Waals surface area contributed by atoms with Gasteiger partial charge in [-0.2, -0.15) is 4.89 Å². The molecule has 1 atom stereocenters. The number of carbonyl (C=O) groups excluding carboxylic acids is 1. The van der Waals surface area contributed by atoms with E-state index in [4.69, 9.17) is 19.2 Å². The largest absolute Gasteiger partial charge is 0.497 e. The lowest BCUT2D eigenvalue weighted by atomic mass is 9.70. The Morgan fingerprint density at radius 3 is 2.53 bits per heavy atom. The molecule has 4 rings (SSSR count). The van der Waals surface area contributed by atoms with Crippen molar-refractivity contribution >= 4 is 11.8 Å². The average Bonchev–Trinajstić information content (AvgIpc) is 3.45. The van der Waals surface area contributed by atoms with Crippen LogP contribution < -0.4 is 4.74 Å². The van der Waals surface area contributed by atoms with Crippen LogP contribution in [0.1, 0.15) is 12.0 Å². The SMILES string of the molecule is COc1ccc(C2(O)C(C(=O)O)=CC(=O)C(C3=CCOO3)=C2CC2=CCOC2)cc1. The summed E-state index contributed by atoms with van der Waals surface area (Å²) in [4.78, 5) is 35.1. The first-order chi connectivity index (χ1) is 14.4. The molecule has 3 aliphatic rings. The lowest BCUT2D eigenvalue weighted by Gasteiger charge is -2.36. The van der Waals surface area contributed by atoms with Crippen molar-refractivity contribution in [2.75, 3.05) is 26.9 Å². The molecule has 30 heavy (non-hydrogen) atoms. The highest BCUT2D eigenvalue weighted by Gasteiger charge is 2.48. The number of methoxy groups -OCH3 is 1. The summed E-state index contributed by atoms with van der Waals surface area (Å²) in [5.41, 5.74) is -1.10. The van der Waals surface area contributed by atoms with Crippen molar-refractivity contribution in [3.8, 4) is 5.75 Å². The number of carboxylic acids is 1. The molecule has 156 valence electrons. The maximum Gasteiger partial charge on any atom is 0.335 e. The van der Waals surface area contributed by atoms with E-state index in [9.17, 15) is 19.8 Å². The normalized spacial score (nSPS) is 23.7. The molecule has 0 bridgehead atoms. The van der Waals surface area contributed by atoms with Gasteiger partial charge in [0, 0.05) is 6.08 Å². The minimum atomic E-state index is -2.07. The molecule has 1 aromatic rings. The molecule has 8 nitrogen and oxygen atoms in total. The zero-order valence-electron chi connectivity index (χ0n) is 16.2. The Kier molecular flexibility index (Phi) is 5.29. The van der Waals surface area contributed by atoms with Gasteiger partial charge in [0.1, 0.15) is 18.0 Å². The number of rotatable bonds is 6. The molecule has 0 fully saturated rings. The monoisotopic (exact) mass is 412 g/mol. The molecule has 0 radical (unpaired) electrons. The van der Waals surface area contributed by atoms with Gasteiger partial charge in [-0.1, -0.05) is 18.2 Å². The molecule has 0 saturated heterocycles. The fraction of sp³-hybridized carbons (Fsp3) is 0.273. The predicted molar refractivity (Wildman–Crippen MR) is 103 cm³/mol. The average molecular weight is 412 g/mol. The van der Waals surface area contributed by atoms with Crippen molar-refractivity contribution in [3.63, 3.8) is 0 Å². The number of benzene rings is 1. The fourth-order valence-electron chi connectivity index (χ4n) is 3.83. The van der Waals surface area contributed by atoms with E-state index in [2.05, 4.69) is 0 Å². The lowest BCUT2D eigenvalue weighted by Crippen LogP contribution is -2.40. The van der Waals surface area contributed by atoms with Crippen LogP contribution in [-0.4, -0.2) is 48.9 Å². The van der Waals surface area contributed by atoms with Crippen LogP contribution in [0.4, 0.5) is 0 Å². The molecule has 1 aliphatic carbocycles. The molecule has 8 heteroatoms. The molecule has 1 aromatic carbocycles. The highest BCUT2D eigenvalue weighted by molar-refractivity contribution is 6.14. The van der Waals surface area contributed by atoms with Crippen molar-refractivity contribution < 1.29 is 39.1 Å². The number of carbonyl (C=O) groups is 2. The summed E-state index contributed by atoms with van der Waals surface area (Å²) in [5, 5.41) is 21.8. The number of aliphatic hydroxyl groups is 1. The Hall–Kier alpha value is -3.20. The van der Waals surface area contributed by atoms with Gasteiger partial charge in [0.2, 0.25) is 0 Å². The lowest BCUT2D eigenvalue weighted by molar-refractivity contribution is -0.231. The molecular formula is C22H20O8. The van der Waals surface area contributed by atoms with Crippen molar-refractivity contribution in [1.29, 1.82) is 0 Å². The highest BCUT2D eigenvalue weighted by atomic mass is 17.2. The third-order valence-electron chi connectivity index (χ3n) is 5.30. The summed E-state index contributed by atoms with van der Waals surface area (Å²) in [5.74, 6) is -1.27.